The molecule has 0 fully saturated rings. The molecule has 0 spiro atoms. The maximum Gasteiger partial charge on any atom is 0.123 e. The zero-order valence-corrected chi connectivity index (χ0v) is 11.4. The minimum absolute atomic E-state index is 0.906. The summed E-state index contributed by atoms with van der Waals surface area (Å²) < 4.78 is 5.33. The van der Waals surface area contributed by atoms with Crippen molar-refractivity contribution in [1.82, 2.24) is 0 Å². The van der Waals surface area contributed by atoms with Crippen LogP contribution in [0, 0.1) is 20.8 Å². The molecule has 2 rings (SSSR count). The van der Waals surface area contributed by atoms with E-state index in [1.165, 1.54) is 11.1 Å². The minimum atomic E-state index is 0.906. The summed E-state index contributed by atoms with van der Waals surface area (Å²) in [7, 11) is 1.70. The Morgan fingerprint density at radius 2 is 1.39 bits per heavy atom. The zero-order chi connectivity index (χ0) is 13.1. The molecule has 0 atom stereocenters. The number of hydrogen-bond donors (Lipinski definition) is 1. The lowest BCUT2D eigenvalue weighted by atomic mass is 10.1. The van der Waals surface area contributed by atoms with Gasteiger partial charge in [0.2, 0.25) is 0 Å². The van der Waals surface area contributed by atoms with E-state index in [2.05, 4.69) is 49.5 Å². The molecule has 2 aromatic carbocycles. The Labute approximate surface area is 109 Å². The van der Waals surface area contributed by atoms with Crippen LogP contribution in [-0.2, 0) is 0 Å². The van der Waals surface area contributed by atoms with E-state index in [9.17, 15) is 0 Å². The standard InChI is InChI=1S/C16H19NO/c1-11-5-7-14(9-13(11)3)17-15-8-6-12(2)16(10-15)18-4/h5-10,17H,1-4H3. The van der Waals surface area contributed by atoms with Gasteiger partial charge in [0.25, 0.3) is 0 Å². The van der Waals surface area contributed by atoms with Crippen LogP contribution in [0.3, 0.4) is 0 Å². The highest BCUT2D eigenvalue weighted by Gasteiger charge is 2.01. The van der Waals surface area contributed by atoms with Crippen LogP contribution >= 0.6 is 0 Å². The summed E-state index contributed by atoms with van der Waals surface area (Å²) in [5.41, 5.74) is 5.88. The predicted molar refractivity (Wildman–Crippen MR) is 76.9 cm³/mol. The predicted octanol–water partition coefficient (Wildman–Crippen LogP) is 4.36. The van der Waals surface area contributed by atoms with Gasteiger partial charge in [0.15, 0.2) is 0 Å². The fraction of sp³-hybridized carbons (Fsp3) is 0.250. The fourth-order valence-electron chi connectivity index (χ4n) is 1.88. The Morgan fingerprint density at radius 3 is 2.00 bits per heavy atom. The Balaban J connectivity index is 2.25. The van der Waals surface area contributed by atoms with Gasteiger partial charge in [0.05, 0.1) is 7.11 Å². The van der Waals surface area contributed by atoms with E-state index in [0.29, 0.717) is 0 Å². The highest BCUT2D eigenvalue weighted by atomic mass is 16.5. The maximum absolute atomic E-state index is 5.33. The quantitative estimate of drug-likeness (QED) is 0.861. The van der Waals surface area contributed by atoms with Gasteiger partial charge >= 0.3 is 0 Å². The first kappa shape index (κ1) is 12.5. The second kappa shape index (κ2) is 5.13. The van der Waals surface area contributed by atoms with Crippen LogP contribution in [0.15, 0.2) is 36.4 Å². The maximum atomic E-state index is 5.33. The number of rotatable bonds is 3. The Morgan fingerprint density at radius 1 is 0.778 bits per heavy atom. The molecule has 0 aliphatic heterocycles. The average Bonchev–Trinajstić information content (AvgIpc) is 2.36. The number of aryl methyl sites for hydroxylation is 3. The third kappa shape index (κ3) is 2.65. The minimum Gasteiger partial charge on any atom is -0.496 e. The molecule has 94 valence electrons. The molecule has 2 aromatic rings. The van der Waals surface area contributed by atoms with Gasteiger partial charge in [-0.1, -0.05) is 12.1 Å². The summed E-state index contributed by atoms with van der Waals surface area (Å²) in [6.45, 7) is 6.28. The van der Waals surface area contributed by atoms with Crippen molar-refractivity contribution < 1.29 is 4.74 Å². The molecule has 1 N–H and O–H groups in total. The van der Waals surface area contributed by atoms with Crippen molar-refractivity contribution in [2.75, 3.05) is 12.4 Å². The molecule has 0 unspecified atom stereocenters. The highest BCUT2D eigenvalue weighted by molar-refractivity contribution is 5.63. The number of methoxy groups -OCH3 is 1. The molecule has 0 saturated heterocycles. The number of nitrogens with one attached hydrogen (secondary N) is 1. The summed E-state index contributed by atoms with van der Waals surface area (Å²) >= 11 is 0. The van der Waals surface area contributed by atoms with Crippen molar-refractivity contribution in [3.63, 3.8) is 0 Å². The van der Waals surface area contributed by atoms with Gasteiger partial charge in [-0.15, -0.1) is 0 Å². The number of anilines is 2. The van der Waals surface area contributed by atoms with E-state index in [0.717, 1.165) is 22.7 Å². The van der Waals surface area contributed by atoms with Crippen LogP contribution in [-0.4, -0.2) is 7.11 Å². The van der Waals surface area contributed by atoms with Crippen molar-refractivity contribution >= 4 is 11.4 Å². The molecule has 0 aromatic heterocycles. The number of hydrogen-bond acceptors (Lipinski definition) is 2. The summed E-state index contributed by atoms with van der Waals surface area (Å²) in [6, 6.07) is 12.5. The van der Waals surface area contributed by atoms with Crippen molar-refractivity contribution in [3.8, 4) is 5.75 Å². The first-order chi connectivity index (χ1) is 8.60. The smallest absolute Gasteiger partial charge is 0.123 e. The molecule has 0 radical (unpaired) electrons. The lowest BCUT2D eigenvalue weighted by Crippen LogP contribution is -1.94. The topological polar surface area (TPSA) is 21.3 Å². The lowest BCUT2D eigenvalue weighted by Gasteiger charge is -2.11. The van der Waals surface area contributed by atoms with Crippen LogP contribution < -0.4 is 10.1 Å². The van der Waals surface area contributed by atoms with E-state index < -0.39 is 0 Å². The molecule has 18 heavy (non-hydrogen) atoms. The van der Waals surface area contributed by atoms with Crippen molar-refractivity contribution in [1.29, 1.82) is 0 Å². The van der Waals surface area contributed by atoms with E-state index in [1.807, 2.05) is 13.0 Å². The molecule has 0 aliphatic carbocycles. The average molecular weight is 241 g/mol. The summed E-state index contributed by atoms with van der Waals surface area (Å²) in [5, 5.41) is 3.39. The second-order valence-corrected chi connectivity index (χ2v) is 4.61. The monoisotopic (exact) mass is 241 g/mol. The molecule has 2 nitrogen and oxygen atoms in total. The molecule has 0 heterocycles. The van der Waals surface area contributed by atoms with Crippen LogP contribution in [0.2, 0.25) is 0 Å². The van der Waals surface area contributed by atoms with E-state index in [-0.39, 0.29) is 0 Å². The van der Waals surface area contributed by atoms with E-state index >= 15 is 0 Å². The largest absolute Gasteiger partial charge is 0.496 e. The SMILES string of the molecule is COc1cc(Nc2ccc(C)c(C)c2)ccc1C. The highest BCUT2D eigenvalue weighted by Crippen LogP contribution is 2.25. The molecular weight excluding hydrogens is 222 g/mol. The van der Waals surface area contributed by atoms with Crippen LogP contribution in [0.25, 0.3) is 0 Å². The molecule has 0 amide bonds. The third-order valence-corrected chi connectivity index (χ3v) is 3.20. The van der Waals surface area contributed by atoms with Gasteiger partial charge in [-0.05, 0) is 55.7 Å². The van der Waals surface area contributed by atoms with E-state index in [1.54, 1.807) is 7.11 Å². The van der Waals surface area contributed by atoms with Gasteiger partial charge in [0, 0.05) is 17.4 Å². The Kier molecular flexibility index (Phi) is 3.56. The molecule has 0 aliphatic rings. The van der Waals surface area contributed by atoms with Gasteiger partial charge < -0.3 is 10.1 Å². The number of ether oxygens (including phenoxy) is 1. The summed E-state index contributed by atoms with van der Waals surface area (Å²) in [6.07, 6.45) is 0. The van der Waals surface area contributed by atoms with Crippen molar-refractivity contribution in [2.24, 2.45) is 0 Å². The first-order valence-electron chi connectivity index (χ1n) is 6.09. The second-order valence-electron chi connectivity index (χ2n) is 4.61. The van der Waals surface area contributed by atoms with Crippen molar-refractivity contribution in [3.05, 3.63) is 53.1 Å². The van der Waals surface area contributed by atoms with Gasteiger partial charge in [-0.3, -0.25) is 0 Å². The molecule has 0 bridgehead atoms. The molecular formula is C16H19NO. The van der Waals surface area contributed by atoms with Crippen LogP contribution in [0.1, 0.15) is 16.7 Å². The zero-order valence-electron chi connectivity index (χ0n) is 11.4. The van der Waals surface area contributed by atoms with Crippen LogP contribution in [0.5, 0.6) is 5.75 Å². The summed E-state index contributed by atoms with van der Waals surface area (Å²) in [4.78, 5) is 0. The Hall–Kier alpha value is -1.96. The van der Waals surface area contributed by atoms with Crippen LogP contribution in [0.4, 0.5) is 11.4 Å². The first-order valence-corrected chi connectivity index (χ1v) is 6.09. The van der Waals surface area contributed by atoms with Gasteiger partial charge in [-0.25, -0.2) is 0 Å². The van der Waals surface area contributed by atoms with Crippen molar-refractivity contribution in [2.45, 2.75) is 20.8 Å². The van der Waals surface area contributed by atoms with E-state index in [4.69, 9.17) is 4.74 Å². The lowest BCUT2D eigenvalue weighted by molar-refractivity contribution is 0.412. The number of benzene rings is 2. The molecule has 2 heteroatoms. The normalized spacial score (nSPS) is 10.2. The van der Waals surface area contributed by atoms with Gasteiger partial charge in [0.1, 0.15) is 5.75 Å². The Bertz CT molecular complexity index is 561. The molecule has 0 saturated carbocycles. The summed E-state index contributed by atoms with van der Waals surface area (Å²) in [5.74, 6) is 0.906. The third-order valence-electron chi connectivity index (χ3n) is 3.20. The fourth-order valence-corrected chi connectivity index (χ4v) is 1.88. The van der Waals surface area contributed by atoms with Gasteiger partial charge in [-0.2, -0.15) is 0 Å².